The van der Waals surface area contributed by atoms with E-state index in [2.05, 4.69) is 0 Å². The quantitative estimate of drug-likeness (QED) is 0.401. The van der Waals surface area contributed by atoms with Gasteiger partial charge in [-0.25, -0.2) is 0 Å². The van der Waals surface area contributed by atoms with Gasteiger partial charge in [-0.1, -0.05) is 6.92 Å². The number of alkyl halides is 1. The molecule has 0 aliphatic heterocycles. The third-order valence-corrected chi connectivity index (χ3v) is 0.463. The van der Waals surface area contributed by atoms with Crippen molar-refractivity contribution in [3.05, 3.63) is 6.42 Å². The molecule has 5 heteroatoms. The Morgan fingerprint density at radius 1 is 1.38 bits per heavy atom. The molecule has 8 heavy (non-hydrogen) atoms. The van der Waals surface area contributed by atoms with E-state index >= 15 is 0 Å². The smallest absolute Gasteiger partial charge is 0.0252 e. The van der Waals surface area contributed by atoms with Gasteiger partial charge in [-0.15, -0.1) is 11.6 Å². The predicted octanol–water partition coefficient (Wildman–Crippen LogP) is -3.20. The van der Waals surface area contributed by atoms with Crippen LogP contribution in [0.3, 0.4) is 0 Å². The van der Waals surface area contributed by atoms with E-state index in [9.17, 15) is 0 Å². The van der Waals surface area contributed by atoms with E-state index in [1.165, 1.54) is 0 Å². The van der Waals surface area contributed by atoms with E-state index in [1.54, 1.807) is 0 Å². The van der Waals surface area contributed by atoms with Crippen LogP contribution in [0, 0.1) is 6.42 Å². The second kappa shape index (κ2) is 43.2. The zero-order valence-corrected chi connectivity index (χ0v) is 7.24. The first kappa shape index (κ1) is 35.8. The van der Waals surface area contributed by atoms with Gasteiger partial charge in [0.15, 0.2) is 0 Å². The zero-order valence-electron chi connectivity index (χ0n) is 4.45. The van der Waals surface area contributed by atoms with Gasteiger partial charge in [-0.3, -0.25) is 0 Å². The summed E-state index contributed by atoms with van der Waals surface area (Å²) in [6, 6.07) is 0. The summed E-state index contributed by atoms with van der Waals surface area (Å²) in [6.45, 7) is 1.92. The summed E-state index contributed by atoms with van der Waals surface area (Å²) in [7, 11) is 0. The number of rotatable bonds is 1. The van der Waals surface area contributed by atoms with Crippen molar-refractivity contribution in [3.8, 4) is 0 Å². The summed E-state index contributed by atoms with van der Waals surface area (Å²) in [5, 5.41) is 0. The van der Waals surface area contributed by atoms with Crippen LogP contribution >= 0.6 is 11.6 Å². The van der Waals surface area contributed by atoms with Gasteiger partial charge >= 0.3 is 0 Å². The molecular weight excluding hydrogens is 191 g/mol. The molecule has 4 N–H and O–H groups in total. The van der Waals surface area contributed by atoms with Crippen molar-refractivity contribution in [2.75, 3.05) is 5.88 Å². The van der Waals surface area contributed by atoms with Crippen molar-refractivity contribution in [2.45, 2.75) is 6.92 Å². The Labute approximate surface area is 71.8 Å². The van der Waals surface area contributed by atoms with Crippen LogP contribution < -0.4 is 12.4 Å². The van der Waals surface area contributed by atoms with Gasteiger partial charge < -0.3 is 23.4 Å². The van der Waals surface area contributed by atoms with E-state index in [4.69, 9.17) is 11.6 Å². The molecule has 0 bridgehead atoms. The Morgan fingerprint density at radius 3 is 1.50 bits per heavy atom. The van der Waals surface area contributed by atoms with Crippen molar-refractivity contribution in [3.63, 3.8) is 0 Å². The van der Waals surface area contributed by atoms with Gasteiger partial charge in [0, 0.05) is 23.2 Å². The summed E-state index contributed by atoms with van der Waals surface area (Å²) in [5.74, 6) is 0.667. The summed E-state index contributed by atoms with van der Waals surface area (Å²) in [6.07, 6.45) is 1.89. The molecule has 0 aromatic heterocycles. The molecule has 0 unspecified atom stereocenters. The van der Waals surface area contributed by atoms with Crippen molar-refractivity contribution in [1.29, 1.82) is 0 Å². The molecule has 0 heterocycles. The summed E-state index contributed by atoms with van der Waals surface area (Å²) >= 11 is 5.13. The third-order valence-electron chi connectivity index (χ3n) is 0.154. The molecule has 0 aromatic carbocycles. The van der Waals surface area contributed by atoms with Crippen LogP contribution in [0.4, 0.5) is 0 Å². The van der Waals surface area contributed by atoms with E-state index in [1.807, 2.05) is 13.3 Å². The summed E-state index contributed by atoms with van der Waals surface area (Å²) < 4.78 is 0. The summed E-state index contributed by atoms with van der Waals surface area (Å²) in [4.78, 5) is 0. The fourth-order valence-electron chi connectivity index (χ4n) is 0. The van der Waals surface area contributed by atoms with Gasteiger partial charge in [-0.2, -0.15) is 0 Å². The van der Waals surface area contributed by atoms with Crippen LogP contribution in [-0.4, -0.2) is 16.8 Å². The van der Waals surface area contributed by atoms with Crippen LogP contribution in [0.5, 0.6) is 0 Å². The first-order chi connectivity index (χ1) is 1.91. The average Bonchev–Trinajstić information content (AvgIpc) is 1.37. The van der Waals surface area contributed by atoms with Crippen molar-refractivity contribution in [2.24, 2.45) is 0 Å². The van der Waals surface area contributed by atoms with Gasteiger partial charge in [0.1, 0.15) is 0 Å². The monoisotopic (exact) mass is 200 g/mol. The fraction of sp³-hybridized carbons (Fsp3) is 0.667. The Balaban J connectivity index is -0.00000000750. The number of hydrogen-bond donors (Lipinski definition) is 0. The molecule has 55 valence electrons. The maximum Gasteiger partial charge on any atom is 0.0252 e. The fourth-order valence-corrected chi connectivity index (χ4v) is 0. The van der Waals surface area contributed by atoms with Crippen LogP contribution in [-0.2, 0) is 17.4 Å². The van der Waals surface area contributed by atoms with Crippen LogP contribution in [0.15, 0.2) is 0 Å². The average molecular weight is 201 g/mol. The second-order valence-electron chi connectivity index (χ2n) is 0.563. The SMILES string of the molecule is C[CH]CCl.O.O.[Cl-].[Cr]. The molecule has 0 saturated heterocycles. The standard InChI is InChI=1S/C3H6Cl.ClH.Cr.2H2O/c1-2-3-4;;;;/h2H,3H2,1H3;1H;;2*1H2/p-1. The Bertz CT molecular complexity index is 17.2. The van der Waals surface area contributed by atoms with E-state index < -0.39 is 0 Å². The molecule has 0 aromatic rings. The minimum absolute atomic E-state index is 0. The van der Waals surface area contributed by atoms with Crippen molar-refractivity contribution >= 4 is 11.6 Å². The van der Waals surface area contributed by atoms with Crippen molar-refractivity contribution in [1.82, 2.24) is 0 Å². The summed E-state index contributed by atoms with van der Waals surface area (Å²) in [5.41, 5.74) is 0. The first-order valence-corrected chi connectivity index (χ1v) is 1.79. The van der Waals surface area contributed by atoms with Gasteiger partial charge in [0.05, 0.1) is 0 Å². The molecule has 0 rings (SSSR count). The number of hydrogen-bond acceptors (Lipinski definition) is 0. The second-order valence-corrected chi connectivity index (χ2v) is 0.871. The van der Waals surface area contributed by atoms with Gasteiger partial charge in [0.2, 0.25) is 0 Å². The van der Waals surface area contributed by atoms with E-state index in [0.717, 1.165) is 0 Å². The van der Waals surface area contributed by atoms with Gasteiger partial charge in [0.25, 0.3) is 0 Å². The Kier molecular flexibility index (Phi) is 194. The minimum Gasteiger partial charge on any atom is -1.00 e. The predicted molar refractivity (Wildman–Crippen MR) is 27.9 cm³/mol. The van der Waals surface area contributed by atoms with Crippen molar-refractivity contribution < 1.29 is 40.7 Å². The molecule has 0 atom stereocenters. The Hall–Kier alpha value is 1.03. The third kappa shape index (κ3) is 62.0. The maximum absolute atomic E-state index is 5.13. The molecule has 0 saturated carbocycles. The molecule has 2 nitrogen and oxygen atoms in total. The minimum atomic E-state index is 0. The van der Waals surface area contributed by atoms with Gasteiger partial charge in [-0.05, 0) is 6.42 Å². The molecular formula is C3H10Cl2CrO2-. The zero-order chi connectivity index (χ0) is 3.41. The van der Waals surface area contributed by atoms with Crippen LogP contribution in [0.25, 0.3) is 0 Å². The normalized spacial score (nSPS) is 3.75. The largest absolute Gasteiger partial charge is 1.00 e. The van der Waals surface area contributed by atoms with Crippen LogP contribution in [0.1, 0.15) is 6.92 Å². The molecule has 0 spiro atoms. The topological polar surface area (TPSA) is 63.0 Å². The maximum atomic E-state index is 5.13. The molecule has 0 fully saturated rings. The Morgan fingerprint density at radius 2 is 1.50 bits per heavy atom. The molecule has 0 aliphatic rings. The van der Waals surface area contributed by atoms with E-state index in [0.29, 0.717) is 5.88 Å². The first-order valence-electron chi connectivity index (χ1n) is 1.25. The van der Waals surface area contributed by atoms with Crippen LogP contribution in [0.2, 0.25) is 0 Å². The molecule has 0 aliphatic carbocycles. The molecule has 0 amide bonds. The van der Waals surface area contributed by atoms with E-state index in [-0.39, 0.29) is 40.7 Å². The number of halogens is 2. The molecule has 1 radical (unpaired) electrons.